The Hall–Kier alpha value is -0.610. The molecule has 1 N–H and O–H groups in total. The molecule has 2 heterocycles. The van der Waals surface area contributed by atoms with Crippen molar-refractivity contribution in [1.82, 2.24) is 9.88 Å². The van der Waals surface area contributed by atoms with Crippen LogP contribution in [0.1, 0.15) is 19.3 Å². The van der Waals surface area contributed by atoms with Gasteiger partial charge in [0.2, 0.25) is 0 Å². The molecule has 0 saturated carbocycles. The Morgan fingerprint density at radius 1 is 1.31 bits per heavy atom. The molecular formula is C12H18BrN3. The Morgan fingerprint density at radius 3 is 2.88 bits per heavy atom. The first-order chi connectivity index (χ1) is 7.84. The molecule has 0 amide bonds. The first-order valence-electron chi connectivity index (χ1n) is 5.93. The van der Waals surface area contributed by atoms with E-state index in [0.29, 0.717) is 0 Å². The van der Waals surface area contributed by atoms with Gasteiger partial charge in [0.25, 0.3) is 0 Å². The molecule has 2 rings (SSSR count). The van der Waals surface area contributed by atoms with Crippen molar-refractivity contribution >= 4 is 21.7 Å². The summed E-state index contributed by atoms with van der Waals surface area (Å²) < 4.78 is 0.886. The van der Waals surface area contributed by atoms with Crippen LogP contribution in [0.2, 0.25) is 0 Å². The van der Waals surface area contributed by atoms with Crippen LogP contribution in [0.3, 0.4) is 0 Å². The molecule has 0 aliphatic carbocycles. The van der Waals surface area contributed by atoms with Gasteiger partial charge in [-0.15, -0.1) is 0 Å². The van der Waals surface area contributed by atoms with Gasteiger partial charge in [0.1, 0.15) is 10.4 Å². The molecule has 4 heteroatoms. The Kier molecular flexibility index (Phi) is 4.60. The summed E-state index contributed by atoms with van der Waals surface area (Å²) in [5, 5.41) is 3.34. The molecule has 16 heavy (non-hydrogen) atoms. The van der Waals surface area contributed by atoms with Crippen LogP contribution in [0.15, 0.2) is 22.8 Å². The molecule has 0 unspecified atom stereocenters. The standard InChI is InChI=1S/C12H18BrN3/c13-11-5-3-6-12(15-11)14-7-4-10-16-8-1-2-9-16/h3,5-6H,1-2,4,7-10H2,(H,14,15). The molecule has 1 aliphatic heterocycles. The molecule has 1 saturated heterocycles. The molecule has 1 aromatic rings. The number of nitrogens with zero attached hydrogens (tertiary/aromatic N) is 2. The molecular weight excluding hydrogens is 266 g/mol. The monoisotopic (exact) mass is 283 g/mol. The van der Waals surface area contributed by atoms with Crippen molar-refractivity contribution in [2.75, 3.05) is 31.5 Å². The van der Waals surface area contributed by atoms with E-state index in [9.17, 15) is 0 Å². The van der Waals surface area contributed by atoms with Crippen LogP contribution in [-0.4, -0.2) is 36.1 Å². The third-order valence-electron chi connectivity index (χ3n) is 2.87. The fraction of sp³-hybridized carbons (Fsp3) is 0.583. The quantitative estimate of drug-likeness (QED) is 0.665. The summed E-state index contributed by atoms with van der Waals surface area (Å²) in [6.07, 6.45) is 3.94. The third-order valence-corrected chi connectivity index (χ3v) is 3.31. The minimum absolute atomic E-state index is 0.886. The lowest BCUT2D eigenvalue weighted by molar-refractivity contribution is 0.337. The number of anilines is 1. The maximum Gasteiger partial charge on any atom is 0.127 e. The zero-order valence-electron chi connectivity index (χ0n) is 9.45. The normalized spacial score (nSPS) is 16.6. The summed E-state index contributed by atoms with van der Waals surface area (Å²) in [5.74, 6) is 0.954. The molecule has 1 fully saturated rings. The Bertz CT molecular complexity index is 324. The lowest BCUT2D eigenvalue weighted by Gasteiger charge is -2.14. The summed E-state index contributed by atoms with van der Waals surface area (Å²) in [4.78, 5) is 6.87. The van der Waals surface area contributed by atoms with Crippen LogP contribution in [0, 0.1) is 0 Å². The van der Waals surface area contributed by atoms with Crippen molar-refractivity contribution in [3.8, 4) is 0 Å². The minimum Gasteiger partial charge on any atom is -0.370 e. The predicted molar refractivity (Wildman–Crippen MR) is 70.7 cm³/mol. The Morgan fingerprint density at radius 2 is 2.12 bits per heavy atom. The number of hydrogen-bond donors (Lipinski definition) is 1. The Labute approximate surface area is 105 Å². The van der Waals surface area contributed by atoms with Crippen molar-refractivity contribution in [1.29, 1.82) is 0 Å². The SMILES string of the molecule is Brc1cccc(NCCCN2CCCC2)n1. The fourth-order valence-corrected chi connectivity index (χ4v) is 2.38. The van der Waals surface area contributed by atoms with Gasteiger partial charge < -0.3 is 10.2 Å². The Balaban J connectivity index is 1.64. The van der Waals surface area contributed by atoms with Crippen molar-refractivity contribution in [3.05, 3.63) is 22.8 Å². The van der Waals surface area contributed by atoms with E-state index >= 15 is 0 Å². The lowest BCUT2D eigenvalue weighted by Crippen LogP contribution is -2.22. The van der Waals surface area contributed by atoms with Crippen molar-refractivity contribution in [3.63, 3.8) is 0 Å². The van der Waals surface area contributed by atoms with E-state index in [4.69, 9.17) is 0 Å². The van der Waals surface area contributed by atoms with E-state index in [2.05, 4.69) is 31.1 Å². The molecule has 3 nitrogen and oxygen atoms in total. The van der Waals surface area contributed by atoms with Gasteiger partial charge in [0.05, 0.1) is 0 Å². The first kappa shape index (κ1) is 11.9. The smallest absolute Gasteiger partial charge is 0.127 e. The summed E-state index contributed by atoms with van der Waals surface area (Å²) in [7, 11) is 0. The molecule has 0 atom stereocenters. The zero-order chi connectivity index (χ0) is 11.2. The second kappa shape index (κ2) is 6.21. The van der Waals surface area contributed by atoms with Crippen molar-refractivity contribution in [2.45, 2.75) is 19.3 Å². The number of rotatable bonds is 5. The third kappa shape index (κ3) is 3.76. The number of halogens is 1. The van der Waals surface area contributed by atoms with E-state index < -0.39 is 0 Å². The van der Waals surface area contributed by atoms with E-state index in [0.717, 1.165) is 17.0 Å². The van der Waals surface area contributed by atoms with Gasteiger partial charge in [-0.2, -0.15) is 0 Å². The average molecular weight is 284 g/mol. The van der Waals surface area contributed by atoms with Gasteiger partial charge in [0.15, 0.2) is 0 Å². The highest BCUT2D eigenvalue weighted by atomic mass is 79.9. The second-order valence-corrected chi connectivity index (χ2v) is 4.99. The van der Waals surface area contributed by atoms with Crippen LogP contribution < -0.4 is 5.32 Å². The largest absolute Gasteiger partial charge is 0.370 e. The van der Waals surface area contributed by atoms with E-state index in [1.165, 1.54) is 38.9 Å². The van der Waals surface area contributed by atoms with E-state index in [1.807, 2.05) is 18.2 Å². The average Bonchev–Trinajstić information content (AvgIpc) is 2.77. The van der Waals surface area contributed by atoms with Crippen molar-refractivity contribution in [2.24, 2.45) is 0 Å². The number of likely N-dealkylation sites (tertiary alicyclic amines) is 1. The lowest BCUT2D eigenvalue weighted by atomic mass is 10.4. The molecule has 0 aromatic carbocycles. The van der Waals surface area contributed by atoms with Crippen LogP contribution in [-0.2, 0) is 0 Å². The fourth-order valence-electron chi connectivity index (χ4n) is 2.03. The summed E-state index contributed by atoms with van der Waals surface area (Å²) in [6.45, 7) is 4.78. The highest BCUT2D eigenvalue weighted by molar-refractivity contribution is 9.10. The van der Waals surface area contributed by atoms with Gasteiger partial charge in [-0.05, 0) is 67.0 Å². The maximum absolute atomic E-state index is 4.33. The highest BCUT2D eigenvalue weighted by Gasteiger charge is 2.09. The summed E-state index contributed by atoms with van der Waals surface area (Å²) in [5.41, 5.74) is 0. The van der Waals surface area contributed by atoms with Gasteiger partial charge in [-0.1, -0.05) is 6.07 Å². The first-order valence-corrected chi connectivity index (χ1v) is 6.73. The summed E-state index contributed by atoms with van der Waals surface area (Å²) >= 11 is 3.37. The van der Waals surface area contributed by atoms with Gasteiger partial charge >= 0.3 is 0 Å². The number of aromatic nitrogens is 1. The van der Waals surface area contributed by atoms with Crippen molar-refractivity contribution < 1.29 is 0 Å². The highest BCUT2D eigenvalue weighted by Crippen LogP contribution is 2.10. The minimum atomic E-state index is 0.886. The number of pyridine rings is 1. The number of hydrogen-bond acceptors (Lipinski definition) is 3. The van der Waals surface area contributed by atoms with Gasteiger partial charge in [0, 0.05) is 6.54 Å². The second-order valence-electron chi connectivity index (χ2n) is 4.17. The van der Waals surface area contributed by atoms with Crippen LogP contribution in [0.4, 0.5) is 5.82 Å². The summed E-state index contributed by atoms with van der Waals surface area (Å²) in [6, 6.07) is 5.94. The zero-order valence-corrected chi connectivity index (χ0v) is 11.0. The topological polar surface area (TPSA) is 28.2 Å². The molecule has 0 radical (unpaired) electrons. The van der Waals surface area contributed by atoms with Crippen LogP contribution in [0.5, 0.6) is 0 Å². The molecule has 1 aliphatic rings. The maximum atomic E-state index is 4.33. The molecule has 0 bridgehead atoms. The number of nitrogens with one attached hydrogen (secondary N) is 1. The molecule has 0 spiro atoms. The van der Waals surface area contributed by atoms with Gasteiger partial charge in [-0.3, -0.25) is 0 Å². The predicted octanol–water partition coefficient (Wildman–Crippen LogP) is 2.74. The molecule has 1 aromatic heterocycles. The molecule has 88 valence electrons. The van der Waals surface area contributed by atoms with Crippen LogP contribution in [0.25, 0.3) is 0 Å². The van der Waals surface area contributed by atoms with E-state index in [-0.39, 0.29) is 0 Å². The van der Waals surface area contributed by atoms with E-state index in [1.54, 1.807) is 0 Å². The van der Waals surface area contributed by atoms with Crippen LogP contribution >= 0.6 is 15.9 Å². The van der Waals surface area contributed by atoms with Gasteiger partial charge in [-0.25, -0.2) is 4.98 Å².